The number of aliphatic hydroxyl groups is 1. The largest absolute Gasteiger partial charge is 0.394 e. The molecule has 0 bridgehead atoms. The molecule has 0 amide bonds. The second kappa shape index (κ2) is 7.09. The second-order valence-corrected chi connectivity index (χ2v) is 4.24. The van der Waals surface area contributed by atoms with Gasteiger partial charge in [-0.2, -0.15) is 8.42 Å². The van der Waals surface area contributed by atoms with Gasteiger partial charge >= 0.3 is 10.4 Å². The number of aliphatic hydroxyl groups excluding tert-OH is 1. The maximum Gasteiger partial charge on any atom is 0.394 e. The first-order valence-electron chi connectivity index (χ1n) is 4.60. The molecule has 1 fully saturated rings. The minimum atomic E-state index is -4.67. The molecule has 1 saturated heterocycles. The number of nitrogens with one attached hydrogen (secondary N) is 1. The van der Waals surface area contributed by atoms with E-state index in [0.717, 1.165) is 32.7 Å². The summed E-state index contributed by atoms with van der Waals surface area (Å²) in [5, 5.41) is 12.3. The SMILES string of the molecule is CC(O)CN1CCNCC1.O=S(=O)(O)O. The molecule has 1 atom stereocenters. The lowest BCUT2D eigenvalue weighted by Gasteiger charge is -2.27. The lowest BCUT2D eigenvalue weighted by molar-refractivity contribution is 0.118. The first kappa shape index (κ1) is 14.8. The lowest BCUT2D eigenvalue weighted by Crippen LogP contribution is -2.45. The summed E-state index contributed by atoms with van der Waals surface area (Å²) < 4.78 is 31.6. The van der Waals surface area contributed by atoms with Crippen LogP contribution >= 0.6 is 0 Å². The predicted molar refractivity (Wildman–Crippen MR) is 55.2 cm³/mol. The van der Waals surface area contributed by atoms with Crippen molar-refractivity contribution in [1.29, 1.82) is 0 Å². The average Bonchev–Trinajstić information content (AvgIpc) is 2.01. The number of β-amino-alcohol motifs (C(OH)–C–C–N with tert-alkyl or cyclic N) is 1. The Kier molecular flexibility index (Phi) is 6.98. The molecule has 0 saturated carbocycles. The fourth-order valence-corrected chi connectivity index (χ4v) is 1.27. The maximum absolute atomic E-state index is 9.04. The molecule has 0 spiro atoms. The fourth-order valence-electron chi connectivity index (χ4n) is 1.27. The van der Waals surface area contributed by atoms with Gasteiger partial charge in [0.1, 0.15) is 0 Å². The summed E-state index contributed by atoms with van der Waals surface area (Å²) in [7, 11) is -4.67. The van der Waals surface area contributed by atoms with E-state index in [-0.39, 0.29) is 6.10 Å². The normalized spacial score (nSPS) is 20.3. The maximum atomic E-state index is 9.04. The summed E-state index contributed by atoms with van der Waals surface area (Å²) >= 11 is 0. The lowest BCUT2D eigenvalue weighted by atomic mass is 10.3. The fraction of sp³-hybridized carbons (Fsp3) is 1.00. The second-order valence-electron chi connectivity index (χ2n) is 3.35. The third kappa shape index (κ3) is 13.8. The van der Waals surface area contributed by atoms with Crippen molar-refractivity contribution < 1.29 is 22.6 Å². The van der Waals surface area contributed by atoms with Gasteiger partial charge in [-0.25, -0.2) is 0 Å². The molecule has 1 rings (SSSR count). The van der Waals surface area contributed by atoms with E-state index >= 15 is 0 Å². The van der Waals surface area contributed by atoms with Gasteiger partial charge in [-0.1, -0.05) is 0 Å². The van der Waals surface area contributed by atoms with E-state index in [2.05, 4.69) is 10.2 Å². The zero-order valence-corrected chi connectivity index (χ0v) is 9.44. The van der Waals surface area contributed by atoms with Gasteiger partial charge < -0.3 is 10.4 Å². The van der Waals surface area contributed by atoms with E-state index in [4.69, 9.17) is 22.6 Å². The van der Waals surface area contributed by atoms with Crippen LogP contribution < -0.4 is 5.32 Å². The summed E-state index contributed by atoms with van der Waals surface area (Å²) in [5.41, 5.74) is 0. The topological polar surface area (TPSA) is 110 Å². The van der Waals surface area contributed by atoms with Gasteiger partial charge in [0.2, 0.25) is 0 Å². The Morgan fingerprint density at radius 3 is 2.07 bits per heavy atom. The van der Waals surface area contributed by atoms with E-state index in [0.29, 0.717) is 0 Å². The molecule has 7 nitrogen and oxygen atoms in total. The molecule has 1 aliphatic heterocycles. The molecule has 15 heavy (non-hydrogen) atoms. The number of rotatable bonds is 2. The van der Waals surface area contributed by atoms with Crippen molar-refractivity contribution in [2.45, 2.75) is 13.0 Å². The first-order valence-corrected chi connectivity index (χ1v) is 6.00. The van der Waals surface area contributed by atoms with E-state index in [1.807, 2.05) is 6.92 Å². The molecule has 92 valence electrons. The van der Waals surface area contributed by atoms with Gasteiger partial charge in [-0.3, -0.25) is 14.0 Å². The standard InChI is InChI=1S/C7H16N2O.H2O4S/c1-7(10)6-9-4-2-8-3-5-9;1-5(2,3)4/h7-8,10H,2-6H2,1H3;(H2,1,2,3,4). The highest BCUT2D eigenvalue weighted by atomic mass is 32.3. The smallest absolute Gasteiger partial charge is 0.392 e. The monoisotopic (exact) mass is 242 g/mol. The molecule has 0 radical (unpaired) electrons. The Bertz CT molecular complexity index is 240. The summed E-state index contributed by atoms with van der Waals surface area (Å²) in [4.78, 5) is 2.28. The van der Waals surface area contributed by atoms with Gasteiger partial charge in [0, 0.05) is 32.7 Å². The van der Waals surface area contributed by atoms with Gasteiger partial charge in [0.05, 0.1) is 6.10 Å². The molecule has 8 heteroatoms. The van der Waals surface area contributed by atoms with Crippen molar-refractivity contribution in [1.82, 2.24) is 10.2 Å². The van der Waals surface area contributed by atoms with Gasteiger partial charge in [-0.05, 0) is 6.92 Å². The third-order valence-corrected chi connectivity index (χ3v) is 1.73. The molecule has 0 aromatic rings. The highest BCUT2D eigenvalue weighted by molar-refractivity contribution is 7.79. The minimum absolute atomic E-state index is 0.182. The van der Waals surface area contributed by atoms with Crippen molar-refractivity contribution >= 4 is 10.4 Å². The van der Waals surface area contributed by atoms with Crippen LogP contribution in [0.25, 0.3) is 0 Å². The highest BCUT2D eigenvalue weighted by Crippen LogP contribution is 1.93. The van der Waals surface area contributed by atoms with Crippen LogP contribution in [0.5, 0.6) is 0 Å². The van der Waals surface area contributed by atoms with E-state index in [1.165, 1.54) is 0 Å². The van der Waals surface area contributed by atoms with Crippen molar-refractivity contribution in [2.75, 3.05) is 32.7 Å². The summed E-state index contributed by atoms with van der Waals surface area (Å²) in [6, 6.07) is 0. The van der Waals surface area contributed by atoms with Crippen LogP contribution in [-0.2, 0) is 10.4 Å². The van der Waals surface area contributed by atoms with Crippen LogP contribution in [0.3, 0.4) is 0 Å². The Morgan fingerprint density at radius 2 is 1.73 bits per heavy atom. The number of hydrogen-bond acceptors (Lipinski definition) is 5. The van der Waals surface area contributed by atoms with Crippen LogP contribution in [0.4, 0.5) is 0 Å². The molecule has 4 N–H and O–H groups in total. The van der Waals surface area contributed by atoms with Gasteiger partial charge in [0.15, 0.2) is 0 Å². The Balaban J connectivity index is 0.000000336. The van der Waals surface area contributed by atoms with Crippen LogP contribution in [0.15, 0.2) is 0 Å². The van der Waals surface area contributed by atoms with Crippen LogP contribution in [0.2, 0.25) is 0 Å². The van der Waals surface area contributed by atoms with Crippen molar-refractivity contribution in [2.24, 2.45) is 0 Å². The Morgan fingerprint density at radius 1 is 1.33 bits per heavy atom. The highest BCUT2D eigenvalue weighted by Gasteiger charge is 2.10. The third-order valence-electron chi connectivity index (χ3n) is 1.73. The van der Waals surface area contributed by atoms with Crippen LogP contribution in [-0.4, -0.2) is 66.4 Å². The Hall–Kier alpha value is -0.250. The molecule has 0 aliphatic carbocycles. The summed E-state index contributed by atoms with van der Waals surface area (Å²) in [6.07, 6.45) is -0.182. The van der Waals surface area contributed by atoms with E-state index < -0.39 is 10.4 Å². The molecule has 1 heterocycles. The van der Waals surface area contributed by atoms with Crippen molar-refractivity contribution in [3.63, 3.8) is 0 Å². The zero-order chi connectivity index (χ0) is 11.9. The molecule has 0 aromatic heterocycles. The minimum Gasteiger partial charge on any atom is -0.392 e. The summed E-state index contributed by atoms with van der Waals surface area (Å²) in [5.74, 6) is 0. The van der Waals surface area contributed by atoms with Gasteiger partial charge in [0.25, 0.3) is 0 Å². The summed E-state index contributed by atoms with van der Waals surface area (Å²) in [6.45, 7) is 6.93. The molecular weight excluding hydrogens is 224 g/mol. The molecule has 1 unspecified atom stereocenters. The van der Waals surface area contributed by atoms with Gasteiger partial charge in [-0.15, -0.1) is 0 Å². The number of hydrogen-bond donors (Lipinski definition) is 4. The van der Waals surface area contributed by atoms with Crippen molar-refractivity contribution in [3.8, 4) is 0 Å². The Labute approximate surface area is 89.7 Å². The zero-order valence-electron chi connectivity index (χ0n) is 8.63. The van der Waals surface area contributed by atoms with E-state index in [1.54, 1.807) is 0 Å². The molecular formula is C7H18N2O5S. The molecule has 0 aromatic carbocycles. The average molecular weight is 242 g/mol. The van der Waals surface area contributed by atoms with E-state index in [9.17, 15) is 0 Å². The number of nitrogens with zero attached hydrogens (tertiary/aromatic N) is 1. The first-order chi connectivity index (χ1) is 6.79. The van der Waals surface area contributed by atoms with Crippen LogP contribution in [0.1, 0.15) is 6.92 Å². The number of piperazine rings is 1. The van der Waals surface area contributed by atoms with Crippen LogP contribution in [0, 0.1) is 0 Å². The molecule has 1 aliphatic rings. The quantitative estimate of drug-likeness (QED) is 0.442. The van der Waals surface area contributed by atoms with Crippen molar-refractivity contribution in [3.05, 3.63) is 0 Å². The predicted octanol–water partition coefficient (Wildman–Crippen LogP) is -1.38.